The van der Waals surface area contributed by atoms with Crippen LogP contribution < -0.4 is 10.2 Å². The SMILES string of the molecule is Cc1ccc2c(c1)C=C[C@H]1N2[C@H](C(=O)c2ccccc2)[C@H](C(=O)c2ccc(Br)cc2)[C@]12C(=O)Nc1ccccc12. The zero-order valence-electron chi connectivity index (χ0n) is 21.7. The van der Waals surface area contributed by atoms with Gasteiger partial charge in [0.15, 0.2) is 11.6 Å². The molecule has 1 N–H and O–H groups in total. The molecule has 1 amide bonds. The lowest BCUT2D eigenvalue weighted by molar-refractivity contribution is -0.121. The second kappa shape index (κ2) is 9.14. The van der Waals surface area contributed by atoms with Crippen LogP contribution in [0.25, 0.3) is 6.08 Å². The number of anilines is 2. The van der Waals surface area contributed by atoms with Crippen molar-refractivity contribution in [3.05, 3.63) is 135 Å². The smallest absolute Gasteiger partial charge is 0.238 e. The maximum absolute atomic E-state index is 14.7. The molecule has 1 fully saturated rings. The molecule has 0 unspecified atom stereocenters. The molecule has 0 saturated carbocycles. The Morgan fingerprint density at radius 3 is 2.33 bits per heavy atom. The van der Waals surface area contributed by atoms with Crippen LogP contribution in [0.3, 0.4) is 0 Å². The number of amides is 1. The lowest BCUT2D eigenvalue weighted by atomic mass is 9.64. The number of ketones is 2. The van der Waals surface area contributed by atoms with Crippen molar-refractivity contribution in [3.63, 3.8) is 0 Å². The first kappa shape index (κ1) is 24.7. The number of aryl methyl sites for hydroxylation is 1. The summed E-state index contributed by atoms with van der Waals surface area (Å²) >= 11 is 3.46. The average molecular weight is 589 g/mol. The molecule has 3 aliphatic heterocycles. The monoisotopic (exact) mass is 588 g/mol. The topological polar surface area (TPSA) is 66.5 Å². The van der Waals surface area contributed by atoms with Crippen molar-refractivity contribution < 1.29 is 14.4 Å². The average Bonchev–Trinajstić information content (AvgIpc) is 3.45. The van der Waals surface area contributed by atoms with E-state index in [1.165, 1.54) is 0 Å². The molecule has 7 rings (SSSR count). The first-order chi connectivity index (χ1) is 19.4. The highest BCUT2D eigenvalue weighted by Gasteiger charge is 2.70. The van der Waals surface area contributed by atoms with Crippen LogP contribution in [-0.2, 0) is 10.2 Å². The Labute approximate surface area is 240 Å². The molecular weight excluding hydrogens is 564 g/mol. The molecule has 0 radical (unpaired) electrons. The molecule has 5 nitrogen and oxygen atoms in total. The molecule has 40 heavy (non-hydrogen) atoms. The number of nitrogens with one attached hydrogen (secondary N) is 1. The molecule has 4 atom stereocenters. The standard InChI is InChI=1S/C34H25BrN2O3/c1-20-11-17-27-23(19-20)14-18-28-34(25-9-5-6-10-26(25)36-33(34)40)29(31(38)22-12-15-24(35)16-13-22)30(37(27)28)32(39)21-7-3-2-4-8-21/h2-19,28-30H,1H3,(H,36,40)/t28-,29-,30+,34-/m1/s1. The Balaban J connectivity index is 1.54. The van der Waals surface area contributed by atoms with E-state index in [-0.39, 0.29) is 17.5 Å². The van der Waals surface area contributed by atoms with Crippen LogP contribution in [-0.4, -0.2) is 29.6 Å². The fourth-order valence-electron chi connectivity index (χ4n) is 6.87. The molecule has 196 valence electrons. The van der Waals surface area contributed by atoms with Crippen molar-refractivity contribution >= 4 is 50.9 Å². The highest BCUT2D eigenvalue weighted by molar-refractivity contribution is 9.10. The second-order valence-corrected chi connectivity index (χ2v) is 11.6. The maximum Gasteiger partial charge on any atom is 0.238 e. The predicted octanol–water partition coefficient (Wildman–Crippen LogP) is 6.61. The molecule has 1 saturated heterocycles. The van der Waals surface area contributed by atoms with Crippen molar-refractivity contribution in [2.24, 2.45) is 5.92 Å². The minimum Gasteiger partial charge on any atom is -0.352 e. The first-order valence-electron chi connectivity index (χ1n) is 13.3. The van der Waals surface area contributed by atoms with Crippen molar-refractivity contribution in [2.45, 2.75) is 24.4 Å². The van der Waals surface area contributed by atoms with Gasteiger partial charge in [0.05, 0.1) is 12.0 Å². The third-order valence-electron chi connectivity index (χ3n) is 8.53. The Kier molecular flexibility index (Phi) is 5.65. The minimum atomic E-state index is -1.31. The van der Waals surface area contributed by atoms with E-state index in [0.29, 0.717) is 16.8 Å². The number of halogens is 1. The Bertz CT molecular complexity index is 1730. The van der Waals surface area contributed by atoms with Crippen molar-refractivity contribution in [1.82, 2.24) is 0 Å². The number of para-hydroxylation sites is 1. The molecule has 4 aromatic rings. The van der Waals surface area contributed by atoms with Gasteiger partial charge >= 0.3 is 0 Å². The minimum absolute atomic E-state index is 0.183. The molecule has 1 spiro atoms. The molecule has 3 aliphatic rings. The number of hydrogen-bond donors (Lipinski definition) is 1. The van der Waals surface area contributed by atoms with E-state index in [2.05, 4.69) is 27.3 Å². The van der Waals surface area contributed by atoms with Gasteiger partial charge in [-0.25, -0.2) is 0 Å². The van der Waals surface area contributed by atoms with Gasteiger partial charge in [0.1, 0.15) is 11.5 Å². The highest BCUT2D eigenvalue weighted by atomic mass is 79.9. The normalized spacial score (nSPS) is 23.9. The summed E-state index contributed by atoms with van der Waals surface area (Å²) in [6.07, 6.45) is 4.03. The summed E-state index contributed by atoms with van der Waals surface area (Å²) in [6.45, 7) is 2.03. The van der Waals surface area contributed by atoms with Crippen LogP contribution in [0.2, 0.25) is 0 Å². The van der Waals surface area contributed by atoms with Crippen LogP contribution in [0.1, 0.15) is 37.4 Å². The second-order valence-electron chi connectivity index (χ2n) is 10.7. The van der Waals surface area contributed by atoms with Crippen molar-refractivity contribution in [1.29, 1.82) is 0 Å². The maximum atomic E-state index is 14.7. The van der Waals surface area contributed by atoms with E-state index in [1.807, 2.05) is 90.7 Å². The van der Waals surface area contributed by atoms with E-state index >= 15 is 0 Å². The summed E-state index contributed by atoms with van der Waals surface area (Å²) in [6, 6.07) is 28.4. The number of Topliss-reactive ketones (excluding diaryl/α,β-unsaturated/α-hetero) is 2. The quantitative estimate of drug-likeness (QED) is 0.272. The summed E-state index contributed by atoms with van der Waals surface area (Å²) in [5, 5.41) is 3.07. The molecule has 3 heterocycles. The fraction of sp³-hybridized carbons (Fsp3) is 0.147. The van der Waals surface area contributed by atoms with Gasteiger partial charge in [0.2, 0.25) is 5.91 Å². The molecule has 0 aliphatic carbocycles. The number of nitrogens with zero attached hydrogens (tertiary/aromatic N) is 1. The highest BCUT2D eigenvalue weighted by Crippen LogP contribution is 2.58. The predicted molar refractivity (Wildman–Crippen MR) is 160 cm³/mol. The number of carbonyl (C=O) groups excluding carboxylic acids is 3. The van der Waals surface area contributed by atoms with Crippen LogP contribution >= 0.6 is 15.9 Å². The van der Waals surface area contributed by atoms with Gasteiger partial charge in [0.25, 0.3) is 0 Å². The van der Waals surface area contributed by atoms with E-state index in [1.54, 1.807) is 24.3 Å². The number of benzene rings is 4. The Hall–Kier alpha value is -4.29. The van der Waals surface area contributed by atoms with Crippen molar-refractivity contribution in [2.75, 3.05) is 10.2 Å². The molecule has 6 heteroatoms. The third-order valence-corrected chi connectivity index (χ3v) is 9.05. The van der Waals surface area contributed by atoms with Crippen molar-refractivity contribution in [3.8, 4) is 0 Å². The Morgan fingerprint density at radius 1 is 0.850 bits per heavy atom. The molecule has 4 aromatic carbocycles. The molecular formula is C34H25BrN2O3. The van der Waals surface area contributed by atoms with Gasteiger partial charge in [-0.2, -0.15) is 0 Å². The van der Waals surface area contributed by atoms with E-state index in [9.17, 15) is 14.4 Å². The van der Waals surface area contributed by atoms with Crippen LogP contribution in [0, 0.1) is 12.8 Å². The van der Waals surface area contributed by atoms with E-state index in [4.69, 9.17) is 0 Å². The summed E-state index contributed by atoms with van der Waals surface area (Å²) < 4.78 is 0.843. The van der Waals surface area contributed by atoms with Gasteiger partial charge < -0.3 is 10.2 Å². The summed E-state index contributed by atoms with van der Waals surface area (Å²) in [5.41, 5.74) is 3.97. The number of hydrogen-bond acceptors (Lipinski definition) is 4. The largest absolute Gasteiger partial charge is 0.352 e. The third kappa shape index (κ3) is 3.42. The van der Waals surface area contributed by atoms with Gasteiger partial charge in [-0.05, 0) is 48.4 Å². The van der Waals surface area contributed by atoms with Crippen LogP contribution in [0.5, 0.6) is 0 Å². The summed E-state index contributed by atoms with van der Waals surface area (Å²) in [7, 11) is 0. The first-order valence-corrected chi connectivity index (χ1v) is 14.1. The van der Waals surface area contributed by atoms with Gasteiger partial charge in [-0.3, -0.25) is 14.4 Å². The molecule has 0 aromatic heterocycles. The van der Waals surface area contributed by atoms with Gasteiger partial charge in [0, 0.05) is 27.0 Å². The lowest BCUT2D eigenvalue weighted by Crippen LogP contribution is -2.51. The molecule has 0 bridgehead atoms. The van der Waals surface area contributed by atoms with Crippen LogP contribution in [0.15, 0.2) is 108 Å². The van der Waals surface area contributed by atoms with Crippen LogP contribution in [0.4, 0.5) is 11.4 Å². The van der Waals surface area contributed by atoms with Gasteiger partial charge in [-0.1, -0.05) is 100 Å². The zero-order valence-corrected chi connectivity index (χ0v) is 23.3. The number of carbonyl (C=O) groups is 3. The summed E-state index contributed by atoms with van der Waals surface area (Å²) in [4.78, 5) is 45.7. The fourth-order valence-corrected chi connectivity index (χ4v) is 7.13. The Morgan fingerprint density at radius 2 is 1.55 bits per heavy atom. The number of fused-ring (bicyclic) bond motifs is 6. The van der Waals surface area contributed by atoms with Gasteiger partial charge in [-0.15, -0.1) is 0 Å². The summed E-state index contributed by atoms with van der Waals surface area (Å²) in [5.74, 6) is -1.66. The lowest BCUT2D eigenvalue weighted by Gasteiger charge is -2.37. The van der Waals surface area contributed by atoms with E-state index in [0.717, 1.165) is 26.9 Å². The van der Waals surface area contributed by atoms with E-state index < -0.39 is 23.4 Å². The zero-order chi connectivity index (χ0) is 27.6. The number of rotatable bonds is 4.